The zero-order valence-corrected chi connectivity index (χ0v) is 27.6. The quantitative estimate of drug-likeness (QED) is 0.211. The molecule has 0 aromatic heterocycles. The molecular formula is C38H43NO8. The summed E-state index contributed by atoms with van der Waals surface area (Å²) in [4.78, 5) is 44.0. The molecular weight excluding hydrogens is 598 g/mol. The lowest BCUT2D eigenvalue weighted by Crippen LogP contribution is -2.42. The van der Waals surface area contributed by atoms with Gasteiger partial charge in [-0.25, -0.2) is 4.79 Å². The number of Topliss-reactive ketones (excluding diaryl/α,β-unsaturated/α-hetero) is 1. The second kappa shape index (κ2) is 13.5. The molecule has 9 nitrogen and oxygen atoms in total. The van der Waals surface area contributed by atoms with E-state index < -0.39 is 23.6 Å². The van der Waals surface area contributed by atoms with Crippen molar-refractivity contribution in [2.24, 2.45) is 4.99 Å². The number of aldehydes is 1. The number of aliphatic hydroxyl groups is 1. The number of hydrogen-bond acceptors (Lipinski definition) is 9. The molecule has 3 unspecified atom stereocenters. The van der Waals surface area contributed by atoms with E-state index in [9.17, 15) is 19.5 Å². The standard InChI is InChI=1S/C38H43NO8/c1-5-7-8-9-15-38(3,43)32-19-26-30(46-32)20-31-34(35(26)44-4)33(27(21-40)36(47-31)37(42)45-6-2)24-11-13-29(41)25(18-24)22-10-12-28-23(17-22)14-16-39-28/h10,12,14,17,20-21,25,32,43H,5-9,11,13,15-16,18-19H2,1-4H3. The first-order valence-electron chi connectivity index (χ1n) is 16.8. The van der Waals surface area contributed by atoms with Crippen molar-refractivity contribution in [3.05, 3.63) is 68.4 Å². The highest BCUT2D eigenvalue weighted by molar-refractivity contribution is 6.10. The van der Waals surface area contributed by atoms with Crippen LogP contribution in [0.3, 0.4) is 0 Å². The molecule has 0 radical (unpaired) electrons. The molecule has 1 saturated carbocycles. The summed E-state index contributed by atoms with van der Waals surface area (Å²) in [6.07, 6.45) is 8.34. The fraction of sp³-hybridized carbons (Fsp3) is 0.474. The van der Waals surface area contributed by atoms with Crippen LogP contribution in [-0.4, -0.2) is 55.1 Å². The van der Waals surface area contributed by atoms with E-state index in [1.807, 2.05) is 24.3 Å². The Morgan fingerprint density at radius 2 is 1.96 bits per heavy atom. The molecule has 0 spiro atoms. The number of rotatable bonds is 11. The van der Waals surface area contributed by atoms with E-state index in [1.54, 1.807) is 27.0 Å². The minimum Gasteiger partial charge on any atom is -0.496 e. The summed E-state index contributed by atoms with van der Waals surface area (Å²) in [6.45, 7) is 6.37. The van der Waals surface area contributed by atoms with E-state index in [0.29, 0.717) is 66.9 Å². The lowest BCUT2D eigenvalue weighted by molar-refractivity contribution is -0.141. The van der Waals surface area contributed by atoms with Gasteiger partial charge in [-0.15, -0.1) is 0 Å². The average Bonchev–Trinajstić information content (AvgIpc) is 3.72. The molecule has 2 aromatic carbocycles. The van der Waals surface area contributed by atoms with Crippen molar-refractivity contribution < 1.29 is 38.4 Å². The third-order valence-corrected chi connectivity index (χ3v) is 9.85. The number of benzene rings is 2. The summed E-state index contributed by atoms with van der Waals surface area (Å²) in [5.41, 5.74) is 2.56. The van der Waals surface area contributed by atoms with E-state index in [2.05, 4.69) is 11.9 Å². The van der Waals surface area contributed by atoms with Gasteiger partial charge in [0.25, 0.3) is 0 Å². The molecule has 1 fully saturated rings. The fourth-order valence-corrected chi connectivity index (χ4v) is 7.31. The van der Waals surface area contributed by atoms with E-state index in [1.165, 1.54) is 0 Å². The van der Waals surface area contributed by atoms with E-state index >= 15 is 0 Å². The zero-order valence-electron chi connectivity index (χ0n) is 27.6. The van der Waals surface area contributed by atoms with Crippen molar-refractivity contribution in [3.63, 3.8) is 0 Å². The number of ketones is 1. The first-order valence-corrected chi connectivity index (χ1v) is 16.8. The molecule has 0 amide bonds. The van der Waals surface area contributed by atoms with Gasteiger partial charge < -0.3 is 24.1 Å². The van der Waals surface area contributed by atoms with Crippen molar-refractivity contribution in [2.75, 3.05) is 20.3 Å². The van der Waals surface area contributed by atoms with Gasteiger partial charge in [0.1, 0.15) is 29.1 Å². The van der Waals surface area contributed by atoms with Crippen molar-refractivity contribution in [3.8, 4) is 17.2 Å². The maximum atomic E-state index is 13.4. The maximum Gasteiger partial charge on any atom is 0.375 e. The largest absolute Gasteiger partial charge is 0.496 e. The number of carbonyl (C=O) groups excluding carboxylic acids is 3. The molecule has 47 heavy (non-hydrogen) atoms. The molecule has 6 rings (SSSR count). The molecule has 0 bridgehead atoms. The van der Waals surface area contributed by atoms with Crippen LogP contribution in [0.5, 0.6) is 17.2 Å². The predicted molar refractivity (Wildman–Crippen MR) is 176 cm³/mol. The van der Waals surface area contributed by atoms with Crippen LogP contribution >= 0.6 is 0 Å². The van der Waals surface area contributed by atoms with E-state index in [4.69, 9.17) is 18.9 Å². The Kier molecular flexibility index (Phi) is 9.37. The van der Waals surface area contributed by atoms with E-state index in [-0.39, 0.29) is 30.1 Å². The van der Waals surface area contributed by atoms with Gasteiger partial charge in [0.2, 0.25) is 5.76 Å². The molecule has 3 heterocycles. The highest BCUT2D eigenvalue weighted by atomic mass is 16.6. The number of carbonyl (C=O) groups is 3. The minimum absolute atomic E-state index is 0.0665. The number of allylic oxidation sites excluding steroid dienone is 3. The Labute approximate surface area is 275 Å². The van der Waals surface area contributed by atoms with Crippen molar-refractivity contribution in [2.45, 2.75) is 96.2 Å². The summed E-state index contributed by atoms with van der Waals surface area (Å²) in [5, 5.41) is 13.4. The first kappa shape index (κ1) is 32.7. The van der Waals surface area contributed by atoms with Gasteiger partial charge in [-0.3, -0.25) is 14.6 Å². The highest BCUT2D eigenvalue weighted by Crippen LogP contribution is 2.54. The highest BCUT2D eigenvalue weighted by Gasteiger charge is 2.43. The number of fused-ring (bicyclic) bond motifs is 3. The van der Waals surface area contributed by atoms with Crippen LogP contribution in [0.25, 0.3) is 11.6 Å². The predicted octanol–water partition coefficient (Wildman–Crippen LogP) is 4.83. The molecule has 0 saturated heterocycles. The van der Waals surface area contributed by atoms with Gasteiger partial charge in [-0.2, -0.15) is 0 Å². The Bertz CT molecular complexity index is 1800. The summed E-state index contributed by atoms with van der Waals surface area (Å²) < 4.78 is 23.9. The van der Waals surface area contributed by atoms with Crippen LogP contribution in [0, 0.1) is 0 Å². The molecule has 4 aliphatic rings. The van der Waals surface area contributed by atoms with Crippen LogP contribution in [-0.2, 0) is 25.5 Å². The molecule has 1 aliphatic carbocycles. The lowest BCUT2D eigenvalue weighted by atomic mass is 9.75. The molecule has 3 atom stereocenters. The van der Waals surface area contributed by atoms with Crippen LogP contribution in [0.1, 0.15) is 94.7 Å². The van der Waals surface area contributed by atoms with Gasteiger partial charge >= 0.3 is 5.97 Å². The topological polar surface area (TPSA) is 121 Å². The normalized spacial score (nSPS) is 22.5. The average molecular weight is 642 g/mol. The molecule has 1 N–H and O–H groups in total. The van der Waals surface area contributed by atoms with E-state index in [0.717, 1.165) is 53.0 Å². The zero-order chi connectivity index (χ0) is 33.3. The van der Waals surface area contributed by atoms with Crippen LogP contribution < -0.4 is 24.8 Å². The Hall–Kier alpha value is -4.24. The minimum atomic E-state index is -1.08. The van der Waals surface area contributed by atoms with Crippen molar-refractivity contribution in [1.29, 1.82) is 0 Å². The second-order valence-corrected chi connectivity index (χ2v) is 13.0. The van der Waals surface area contributed by atoms with Crippen molar-refractivity contribution in [1.82, 2.24) is 0 Å². The monoisotopic (exact) mass is 641 g/mol. The number of methoxy groups -OCH3 is 1. The SMILES string of the molecule is CCCCCCC(C)(O)C1Cc2c(cc3c(c2OC)C(=C2CCC(=O)C(c4ccc5c(c4)=CCN=5)C2)C(C=O)=C(C(=O)OCC)O3)O1. The molecule has 248 valence electrons. The summed E-state index contributed by atoms with van der Waals surface area (Å²) >= 11 is 0. The van der Waals surface area contributed by atoms with Gasteiger partial charge in [0.15, 0.2) is 6.29 Å². The lowest BCUT2D eigenvalue weighted by Gasteiger charge is -2.31. The number of unbranched alkanes of at least 4 members (excludes halogenated alkanes) is 3. The van der Waals surface area contributed by atoms with Crippen LogP contribution in [0.2, 0.25) is 0 Å². The number of esters is 1. The third kappa shape index (κ3) is 6.13. The molecule has 2 aromatic rings. The second-order valence-electron chi connectivity index (χ2n) is 13.0. The summed E-state index contributed by atoms with van der Waals surface area (Å²) in [5.74, 6) is -0.00993. The summed E-state index contributed by atoms with van der Waals surface area (Å²) in [6, 6.07) is 7.64. The van der Waals surface area contributed by atoms with Gasteiger partial charge in [-0.05, 0) is 56.0 Å². The molecule has 9 heteroatoms. The third-order valence-electron chi connectivity index (χ3n) is 9.85. The van der Waals surface area contributed by atoms with Gasteiger partial charge in [0.05, 0.1) is 42.4 Å². The van der Waals surface area contributed by atoms with Gasteiger partial charge in [0, 0.05) is 36.0 Å². The Morgan fingerprint density at radius 1 is 1.13 bits per heavy atom. The first-order chi connectivity index (χ1) is 22.7. The summed E-state index contributed by atoms with van der Waals surface area (Å²) in [7, 11) is 1.55. The Morgan fingerprint density at radius 3 is 2.70 bits per heavy atom. The fourth-order valence-electron chi connectivity index (χ4n) is 7.31. The van der Waals surface area contributed by atoms with Crippen molar-refractivity contribution >= 4 is 29.7 Å². The van der Waals surface area contributed by atoms with Gasteiger partial charge in [-0.1, -0.05) is 50.3 Å². The Balaban J connectivity index is 1.46. The number of ether oxygens (including phenoxy) is 4. The smallest absolute Gasteiger partial charge is 0.375 e. The maximum absolute atomic E-state index is 13.4. The number of hydrogen-bond donors (Lipinski definition) is 1. The number of nitrogens with zero attached hydrogens (tertiary/aromatic N) is 1. The molecule has 3 aliphatic heterocycles. The van der Waals surface area contributed by atoms with Crippen LogP contribution in [0.15, 0.2) is 46.2 Å². The van der Waals surface area contributed by atoms with Crippen LogP contribution in [0.4, 0.5) is 0 Å².